The third-order valence-corrected chi connectivity index (χ3v) is 5.99. The molecule has 3 rings (SSSR count). The van der Waals surface area contributed by atoms with Crippen LogP contribution in [0.25, 0.3) is 0 Å². The second-order valence-electron chi connectivity index (χ2n) is 8.56. The molecule has 2 aromatic carbocycles. The second kappa shape index (κ2) is 11.0. The lowest BCUT2D eigenvalue weighted by atomic mass is 9.83. The number of hydrogen-bond acceptors (Lipinski definition) is 4. The fourth-order valence-corrected chi connectivity index (χ4v) is 4.16. The molecule has 0 aliphatic carbocycles. The first-order valence-corrected chi connectivity index (χ1v) is 11.3. The Bertz CT molecular complexity index is 907. The third-order valence-electron chi connectivity index (χ3n) is 5.99. The van der Waals surface area contributed by atoms with E-state index in [-0.39, 0.29) is 12.2 Å². The molecule has 1 heterocycles. The average molecular weight is 465 g/mol. The number of rotatable bonds is 9. The smallest absolute Gasteiger partial charge is 0.418 e. The summed E-state index contributed by atoms with van der Waals surface area (Å²) < 4.78 is 45.8. The monoisotopic (exact) mass is 464 g/mol. The van der Waals surface area contributed by atoms with Gasteiger partial charge in [-0.15, -0.1) is 0 Å². The third kappa shape index (κ3) is 6.95. The highest BCUT2D eigenvalue weighted by Crippen LogP contribution is 2.35. The first-order valence-electron chi connectivity index (χ1n) is 11.3. The molecular weight excluding hydrogens is 433 g/mol. The topological polar surface area (TPSA) is 61.8 Å². The van der Waals surface area contributed by atoms with E-state index in [1.54, 1.807) is 0 Å². The highest BCUT2D eigenvalue weighted by atomic mass is 19.4. The number of anilines is 1. The maximum Gasteiger partial charge on any atom is 0.418 e. The fraction of sp³-hybridized carbons (Fsp3) is 0.480. The van der Waals surface area contributed by atoms with Gasteiger partial charge in [0.2, 0.25) is 5.91 Å². The van der Waals surface area contributed by atoms with E-state index in [4.69, 9.17) is 4.74 Å². The van der Waals surface area contributed by atoms with Crippen molar-refractivity contribution in [2.24, 2.45) is 0 Å². The number of amides is 1. The van der Waals surface area contributed by atoms with Crippen molar-refractivity contribution < 1.29 is 27.8 Å². The molecule has 0 aromatic heterocycles. The number of carbonyl (C=O) groups excluding carboxylic acids is 1. The van der Waals surface area contributed by atoms with Crippen molar-refractivity contribution in [1.82, 2.24) is 4.90 Å². The number of ether oxygens (including phenoxy) is 1. The van der Waals surface area contributed by atoms with Gasteiger partial charge in [0, 0.05) is 13.1 Å². The summed E-state index contributed by atoms with van der Waals surface area (Å²) in [4.78, 5) is 14.4. The molecule has 180 valence electrons. The van der Waals surface area contributed by atoms with Crippen molar-refractivity contribution in [2.45, 2.75) is 56.9 Å². The highest BCUT2D eigenvalue weighted by molar-refractivity contribution is 5.93. The largest absolute Gasteiger partial charge is 0.486 e. The van der Waals surface area contributed by atoms with E-state index in [1.807, 2.05) is 35.2 Å². The lowest BCUT2D eigenvalue weighted by molar-refractivity contribution is -0.137. The summed E-state index contributed by atoms with van der Waals surface area (Å²) in [5, 5.41) is 13.7. The van der Waals surface area contributed by atoms with Gasteiger partial charge in [-0.05, 0) is 37.1 Å². The molecule has 1 fully saturated rings. The first kappa shape index (κ1) is 25.1. The standard InChI is InChI=1S/C25H31F3N2O3/c1-2-3-9-14-24(32)15-16-30(17-22(24)33-19-10-5-4-6-11-19)18-23(31)29-21-13-8-7-12-20(21)25(26,27)28/h4-8,10-13,22,32H,2-3,9,14-18H2,1H3,(H,29,31)/t22-,24-/m0/s1. The van der Waals surface area contributed by atoms with Crippen LogP contribution in [0.5, 0.6) is 5.75 Å². The minimum Gasteiger partial charge on any atom is -0.486 e. The number of hydrogen-bond donors (Lipinski definition) is 2. The van der Waals surface area contributed by atoms with Crippen LogP contribution in [-0.4, -0.2) is 47.3 Å². The summed E-state index contributed by atoms with van der Waals surface area (Å²) in [7, 11) is 0. The Kier molecular flexibility index (Phi) is 8.37. The van der Waals surface area contributed by atoms with Gasteiger partial charge in [0.1, 0.15) is 17.5 Å². The van der Waals surface area contributed by atoms with Gasteiger partial charge >= 0.3 is 6.18 Å². The lowest BCUT2D eigenvalue weighted by Crippen LogP contribution is -2.58. The van der Waals surface area contributed by atoms with Crippen molar-refractivity contribution in [2.75, 3.05) is 25.0 Å². The molecule has 5 nitrogen and oxygen atoms in total. The number of benzene rings is 2. The normalized spacial score (nSPS) is 21.5. The molecule has 2 aromatic rings. The Morgan fingerprint density at radius 2 is 1.85 bits per heavy atom. The van der Waals surface area contributed by atoms with Gasteiger partial charge in [-0.2, -0.15) is 13.2 Å². The van der Waals surface area contributed by atoms with Gasteiger partial charge in [0.25, 0.3) is 0 Å². The molecule has 1 aliphatic rings. The molecule has 1 aliphatic heterocycles. The number of unbranched alkanes of at least 4 members (excludes halogenated alkanes) is 2. The molecule has 0 saturated carbocycles. The summed E-state index contributed by atoms with van der Waals surface area (Å²) in [6, 6.07) is 14.1. The summed E-state index contributed by atoms with van der Waals surface area (Å²) in [5.74, 6) is 0.0865. The molecule has 0 spiro atoms. The number of para-hydroxylation sites is 2. The zero-order valence-corrected chi connectivity index (χ0v) is 18.8. The van der Waals surface area contributed by atoms with Crippen LogP contribution in [0.4, 0.5) is 18.9 Å². The molecule has 2 atom stereocenters. The van der Waals surface area contributed by atoms with Gasteiger partial charge in [0.15, 0.2) is 0 Å². The lowest BCUT2D eigenvalue weighted by Gasteiger charge is -2.44. The number of aliphatic hydroxyl groups is 1. The highest BCUT2D eigenvalue weighted by Gasteiger charge is 2.43. The Balaban J connectivity index is 1.67. The molecular formula is C25H31F3N2O3. The quantitative estimate of drug-likeness (QED) is 0.507. The van der Waals surface area contributed by atoms with Gasteiger partial charge in [-0.1, -0.05) is 56.5 Å². The van der Waals surface area contributed by atoms with Gasteiger partial charge in [-0.3, -0.25) is 9.69 Å². The summed E-state index contributed by atoms with van der Waals surface area (Å²) >= 11 is 0. The fourth-order valence-electron chi connectivity index (χ4n) is 4.16. The van der Waals surface area contributed by atoms with Gasteiger partial charge in [0.05, 0.1) is 17.8 Å². The first-order chi connectivity index (χ1) is 15.7. The molecule has 1 amide bonds. The number of carbonyl (C=O) groups is 1. The zero-order chi connectivity index (χ0) is 23.9. The van der Waals surface area contributed by atoms with E-state index < -0.39 is 29.4 Å². The Hall–Kier alpha value is -2.58. The molecule has 0 bridgehead atoms. The van der Waals surface area contributed by atoms with Crippen molar-refractivity contribution in [3.05, 3.63) is 60.2 Å². The van der Waals surface area contributed by atoms with Crippen LogP contribution >= 0.6 is 0 Å². The predicted octanol–water partition coefficient (Wildman–Crippen LogP) is 5.11. The Labute approximate surface area is 192 Å². The van der Waals surface area contributed by atoms with Crippen LogP contribution in [-0.2, 0) is 11.0 Å². The van der Waals surface area contributed by atoms with E-state index >= 15 is 0 Å². The van der Waals surface area contributed by atoms with E-state index in [0.717, 1.165) is 25.3 Å². The summed E-state index contributed by atoms with van der Waals surface area (Å²) in [6.07, 6.45) is -1.19. The Morgan fingerprint density at radius 3 is 2.55 bits per heavy atom. The molecule has 2 N–H and O–H groups in total. The van der Waals surface area contributed by atoms with E-state index in [9.17, 15) is 23.1 Å². The van der Waals surface area contributed by atoms with Crippen LogP contribution in [0.2, 0.25) is 0 Å². The molecule has 0 unspecified atom stereocenters. The number of halogens is 3. The van der Waals surface area contributed by atoms with Crippen molar-refractivity contribution in [1.29, 1.82) is 0 Å². The maximum absolute atomic E-state index is 13.2. The predicted molar refractivity (Wildman–Crippen MR) is 121 cm³/mol. The van der Waals surface area contributed by atoms with Crippen molar-refractivity contribution >= 4 is 11.6 Å². The van der Waals surface area contributed by atoms with E-state index in [2.05, 4.69) is 12.2 Å². The van der Waals surface area contributed by atoms with Crippen LogP contribution in [0.15, 0.2) is 54.6 Å². The minimum absolute atomic E-state index is 0.0914. The maximum atomic E-state index is 13.2. The van der Waals surface area contributed by atoms with Crippen LogP contribution in [0.1, 0.15) is 44.6 Å². The number of nitrogens with one attached hydrogen (secondary N) is 1. The second-order valence-corrected chi connectivity index (χ2v) is 8.56. The van der Waals surface area contributed by atoms with Crippen molar-refractivity contribution in [3.63, 3.8) is 0 Å². The van der Waals surface area contributed by atoms with Gasteiger partial charge in [-0.25, -0.2) is 0 Å². The number of alkyl halides is 3. The molecule has 0 radical (unpaired) electrons. The van der Waals surface area contributed by atoms with Gasteiger partial charge < -0.3 is 15.2 Å². The number of piperidine rings is 1. The molecule has 33 heavy (non-hydrogen) atoms. The SMILES string of the molecule is CCCCC[C@]1(O)CCN(CC(=O)Nc2ccccc2C(F)(F)F)C[C@@H]1Oc1ccccc1. The average Bonchev–Trinajstić information content (AvgIpc) is 2.77. The molecule has 1 saturated heterocycles. The number of nitrogens with zero attached hydrogens (tertiary/aromatic N) is 1. The number of likely N-dealkylation sites (tertiary alicyclic amines) is 1. The van der Waals surface area contributed by atoms with Crippen LogP contribution in [0, 0.1) is 0 Å². The van der Waals surface area contributed by atoms with E-state index in [0.29, 0.717) is 31.7 Å². The zero-order valence-electron chi connectivity index (χ0n) is 18.8. The minimum atomic E-state index is -4.56. The molecule has 8 heteroatoms. The van der Waals surface area contributed by atoms with Crippen LogP contribution < -0.4 is 10.1 Å². The van der Waals surface area contributed by atoms with E-state index in [1.165, 1.54) is 18.2 Å². The Morgan fingerprint density at radius 1 is 1.15 bits per heavy atom. The van der Waals surface area contributed by atoms with Crippen LogP contribution in [0.3, 0.4) is 0 Å². The summed E-state index contributed by atoms with van der Waals surface area (Å²) in [5.41, 5.74) is -2.17. The summed E-state index contributed by atoms with van der Waals surface area (Å²) in [6.45, 7) is 2.75. The van der Waals surface area contributed by atoms with Crippen molar-refractivity contribution in [3.8, 4) is 5.75 Å².